The molecular formula is C16H12N4O2S. The van der Waals surface area contributed by atoms with Gasteiger partial charge in [0.15, 0.2) is 0 Å². The number of H-pyrrole nitrogens is 1. The molecule has 7 heteroatoms. The van der Waals surface area contributed by atoms with E-state index in [0.29, 0.717) is 27.4 Å². The zero-order valence-electron chi connectivity index (χ0n) is 12.2. The van der Waals surface area contributed by atoms with Crippen LogP contribution in [0.4, 0.5) is 0 Å². The molecule has 0 amide bonds. The topological polar surface area (TPSA) is 64.3 Å². The van der Waals surface area contributed by atoms with E-state index in [1.54, 1.807) is 23.6 Å². The molecule has 0 bridgehead atoms. The van der Waals surface area contributed by atoms with Gasteiger partial charge in [0.25, 0.3) is 5.56 Å². The number of methoxy groups -OCH3 is 1. The quantitative estimate of drug-likeness (QED) is 0.576. The van der Waals surface area contributed by atoms with Crippen molar-refractivity contribution in [2.45, 2.75) is 0 Å². The van der Waals surface area contributed by atoms with E-state index in [4.69, 9.17) is 17.0 Å². The first-order valence-corrected chi connectivity index (χ1v) is 7.37. The van der Waals surface area contributed by atoms with Crippen LogP contribution in [-0.2, 0) is 0 Å². The minimum absolute atomic E-state index is 0.174. The van der Waals surface area contributed by atoms with Crippen LogP contribution < -0.4 is 10.3 Å². The molecule has 6 nitrogen and oxygen atoms in total. The number of benzene rings is 2. The number of rotatable bonds is 2. The number of nitrogens with one attached hydrogen (secondary N) is 1. The van der Waals surface area contributed by atoms with Gasteiger partial charge in [-0.05, 0) is 36.5 Å². The van der Waals surface area contributed by atoms with Crippen molar-refractivity contribution < 1.29 is 4.74 Å². The number of hydrogen-bond acceptors (Lipinski definition) is 4. The van der Waals surface area contributed by atoms with Crippen LogP contribution in [-0.4, -0.2) is 26.3 Å². The lowest BCUT2D eigenvalue weighted by Gasteiger charge is -2.13. The molecule has 0 spiro atoms. The molecule has 2 aromatic heterocycles. The molecule has 114 valence electrons. The highest BCUT2D eigenvalue weighted by Gasteiger charge is 2.16. The first-order valence-electron chi connectivity index (χ1n) is 6.96. The van der Waals surface area contributed by atoms with Crippen LogP contribution in [0.1, 0.15) is 0 Å². The Kier molecular flexibility index (Phi) is 3.02. The fraction of sp³-hybridized carbons (Fsp3) is 0.0625. The first kappa shape index (κ1) is 13.7. The lowest BCUT2D eigenvalue weighted by atomic mass is 10.2. The number of fused-ring (bicyclic) bond motifs is 3. The monoisotopic (exact) mass is 324 g/mol. The molecular weight excluding hydrogens is 312 g/mol. The fourth-order valence-corrected chi connectivity index (χ4v) is 2.97. The Balaban J connectivity index is 2.29. The van der Waals surface area contributed by atoms with Crippen molar-refractivity contribution in [2.24, 2.45) is 0 Å². The van der Waals surface area contributed by atoms with Crippen molar-refractivity contribution in [1.82, 2.24) is 19.2 Å². The van der Waals surface area contributed by atoms with Crippen LogP contribution in [0.25, 0.3) is 22.4 Å². The number of aromatic amines is 1. The Morgan fingerprint density at radius 3 is 2.70 bits per heavy atom. The van der Waals surface area contributed by atoms with Gasteiger partial charge in [0.2, 0.25) is 10.5 Å². The predicted molar refractivity (Wildman–Crippen MR) is 90.0 cm³/mol. The first-order chi connectivity index (χ1) is 11.2. The second-order valence-electron chi connectivity index (χ2n) is 4.99. The summed E-state index contributed by atoms with van der Waals surface area (Å²) in [5.41, 5.74) is 1.16. The standard InChI is InChI=1S/C16H12N4O2S/c1-22-13-9-5-4-8-12(13)19-14(21)10-6-2-3-7-11(10)20-15(19)17-18-16(20)23/h2-9H,1H3,(H,18,23). The number of aromatic nitrogens is 4. The SMILES string of the molecule is COc1ccccc1-n1c(=O)c2ccccc2n2c(=S)[nH]nc12. The lowest BCUT2D eigenvalue weighted by molar-refractivity contribution is 0.413. The molecule has 0 radical (unpaired) electrons. The molecule has 0 fully saturated rings. The summed E-state index contributed by atoms with van der Waals surface area (Å²) >= 11 is 5.33. The highest BCUT2D eigenvalue weighted by atomic mass is 32.1. The van der Waals surface area contributed by atoms with Crippen molar-refractivity contribution in [2.75, 3.05) is 7.11 Å². The second kappa shape index (κ2) is 5.06. The summed E-state index contributed by atoms with van der Waals surface area (Å²) in [4.78, 5) is 13.0. The highest BCUT2D eigenvalue weighted by Crippen LogP contribution is 2.23. The molecule has 2 aromatic carbocycles. The number of nitrogens with zero attached hydrogens (tertiary/aromatic N) is 3. The van der Waals surface area contributed by atoms with E-state index >= 15 is 0 Å². The molecule has 1 N–H and O–H groups in total. The summed E-state index contributed by atoms with van der Waals surface area (Å²) in [5.74, 6) is 1.00. The minimum atomic E-state index is -0.174. The summed E-state index contributed by atoms with van der Waals surface area (Å²) in [6, 6.07) is 14.6. The van der Waals surface area contributed by atoms with Crippen LogP contribution in [0, 0.1) is 4.77 Å². The third-order valence-corrected chi connectivity index (χ3v) is 4.03. The summed E-state index contributed by atoms with van der Waals surface area (Å²) in [7, 11) is 1.57. The Bertz CT molecular complexity index is 1160. The fourth-order valence-electron chi connectivity index (χ4n) is 2.75. The molecule has 0 aliphatic heterocycles. The number of ether oxygens (including phenoxy) is 1. The zero-order chi connectivity index (χ0) is 16.0. The van der Waals surface area contributed by atoms with Crippen molar-refractivity contribution >= 4 is 28.9 Å². The van der Waals surface area contributed by atoms with Gasteiger partial charge in [0.05, 0.1) is 23.7 Å². The Morgan fingerprint density at radius 2 is 1.87 bits per heavy atom. The molecule has 0 aliphatic carbocycles. The number of para-hydroxylation sites is 3. The van der Waals surface area contributed by atoms with Gasteiger partial charge < -0.3 is 4.74 Å². The van der Waals surface area contributed by atoms with Crippen molar-refractivity contribution in [3.8, 4) is 11.4 Å². The Morgan fingerprint density at radius 1 is 1.13 bits per heavy atom. The average Bonchev–Trinajstić information content (AvgIpc) is 2.97. The Labute approximate surface area is 135 Å². The molecule has 0 atom stereocenters. The van der Waals surface area contributed by atoms with Crippen molar-refractivity contribution in [1.29, 1.82) is 0 Å². The van der Waals surface area contributed by atoms with E-state index in [9.17, 15) is 4.79 Å². The summed E-state index contributed by atoms with van der Waals surface area (Å²) in [5, 5.41) is 7.55. The minimum Gasteiger partial charge on any atom is -0.495 e. The van der Waals surface area contributed by atoms with Gasteiger partial charge >= 0.3 is 0 Å². The molecule has 2 heterocycles. The van der Waals surface area contributed by atoms with Gasteiger partial charge in [-0.2, -0.15) is 0 Å². The largest absolute Gasteiger partial charge is 0.495 e. The molecule has 0 saturated carbocycles. The van der Waals surface area contributed by atoms with Crippen LogP contribution >= 0.6 is 12.2 Å². The normalized spacial score (nSPS) is 11.2. The number of hydrogen-bond donors (Lipinski definition) is 1. The maximum atomic E-state index is 13.0. The van der Waals surface area contributed by atoms with E-state index in [-0.39, 0.29) is 5.56 Å². The Hall–Kier alpha value is -2.93. The van der Waals surface area contributed by atoms with Crippen LogP contribution in [0.3, 0.4) is 0 Å². The molecule has 0 unspecified atom stereocenters. The molecule has 0 aliphatic rings. The van der Waals surface area contributed by atoms with Crippen LogP contribution in [0.15, 0.2) is 53.3 Å². The second-order valence-corrected chi connectivity index (χ2v) is 5.38. The predicted octanol–water partition coefficient (Wildman–Crippen LogP) is 2.70. The van der Waals surface area contributed by atoms with E-state index in [0.717, 1.165) is 5.52 Å². The smallest absolute Gasteiger partial charge is 0.267 e. The third-order valence-electron chi connectivity index (χ3n) is 3.76. The van der Waals surface area contributed by atoms with Crippen LogP contribution in [0.5, 0.6) is 5.75 Å². The van der Waals surface area contributed by atoms with Crippen molar-refractivity contribution in [3.63, 3.8) is 0 Å². The van der Waals surface area contributed by atoms with Crippen molar-refractivity contribution in [3.05, 3.63) is 63.7 Å². The zero-order valence-corrected chi connectivity index (χ0v) is 13.0. The molecule has 4 rings (SSSR count). The lowest BCUT2D eigenvalue weighted by Crippen LogP contribution is -2.22. The molecule has 0 saturated heterocycles. The van der Waals surface area contributed by atoms with Crippen LogP contribution in [0.2, 0.25) is 0 Å². The molecule has 23 heavy (non-hydrogen) atoms. The maximum absolute atomic E-state index is 13.0. The maximum Gasteiger partial charge on any atom is 0.267 e. The van der Waals surface area contributed by atoms with E-state index in [2.05, 4.69) is 10.2 Å². The van der Waals surface area contributed by atoms with Gasteiger partial charge in [0.1, 0.15) is 5.75 Å². The van der Waals surface area contributed by atoms with Gasteiger partial charge in [-0.25, -0.2) is 9.67 Å². The van der Waals surface area contributed by atoms with Gasteiger partial charge in [0, 0.05) is 0 Å². The van der Waals surface area contributed by atoms with Gasteiger partial charge in [-0.1, -0.05) is 24.3 Å². The third kappa shape index (κ3) is 1.90. The summed E-state index contributed by atoms with van der Waals surface area (Å²) < 4.78 is 9.08. The summed E-state index contributed by atoms with van der Waals surface area (Å²) in [6.07, 6.45) is 0. The van der Waals surface area contributed by atoms with Gasteiger partial charge in [-0.15, -0.1) is 5.10 Å². The average molecular weight is 324 g/mol. The summed E-state index contributed by atoms with van der Waals surface area (Å²) in [6.45, 7) is 0. The van der Waals surface area contributed by atoms with Gasteiger partial charge in [-0.3, -0.25) is 9.20 Å². The highest BCUT2D eigenvalue weighted by molar-refractivity contribution is 7.71. The van der Waals surface area contributed by atoms with E-state index in [1.165, 1.54) is 4.57 Å². The van der Waals surface area contributed by atoms with E-state index < -0.39 is 0 Å². The van der Waals surface area contributed by atoms with E-state index in [1.807, 2.05) is 36.4 Å². The molecule has 4 aromatic rings.